The van der Waals surface area contributed by atoms with E-state index in [1.165, 1.54) is 6.92 Å². The van der Waals surface area contributed by atoms with Gasteiger partial charge in [-0.15, -0.1) is 0 Å². The molecule has 1 N–H and O–H groups in total. The van der Waals surface area contributed by atoms with Crippen LogP contribution in [0.4, 0.5) is 0 Å². The summed E-state index contributed by atoms with van der Waals surface area (Å²) in [5.41, 5.74) is -1.12. The van der Waals surface area contributed by atoms with Gasteiger partial charge in [0.1, 0.15) is 5.92 Å². The SMILES string of the molecule is CC(C)COC(=O)[C@@H]1C(=O)C[C@@](C)(O)[C@H](C(=O)OCC(C)C)[C@@H]1c1ccc(Cl)cc1. The standard InChI is InChI=1S/C23H31ClO6/c1-13(2)11-29-21(26)19-17(25)10-23(5,28)20(22(27)30-12-14(3)4)18(19)15-6-8-16(24)9-7-15/h6-9,13-14,18-20,28H,10-12H2,1-5H3/t18-,19-,20+,23-/m1/s1. The zero-order chi connectivity index (χ0) is 22.6. The Labute approximate surface area is 182 Å². The fourth-order valence-corrected chi connectivity index (χ4v) is 3.90. The molecule has 0 heterocycles. The van der Waals surface area contributed by atoms with Crippen molar-refractivity contribution in [2.24, 2.45) is 23.7 Å². The Kier molecular flexibility index (Phi) is 8.06. The summed E-state index contributed by atoms with van der Waals surface area (Å²) in [7, 11) is 0. The molecule has 166 valence electrons. The van der Waals surface area contributed by atoms with E-state index in [0.717, 1.165) is 0 Å². The van der Waals surface area contributed by atoms with E-state index in [4.69, 9.17) is 21.1 Å². The lowest BCUT2D eigenvalue weighted by Crippen LogP contribution is -2.55. The maximum absolute atomic E-state index is 13.0. The molecule has 1 aliphatic carbocycles. The number of carbonyl (C=O) groups excluding carboxylic acids is 3. The van der Waals surface area contributed by atoms with Gasteiger partial charge in [-0.3, -0.25) is 14.4 Å². The van der Waals surface area contributed by atoms with Crippen LogP contribution in [0, 0.1) is 23.7 Å². The summed E-state index contributed by atoms with van der Waals surface area (Å²) in [6, 6.07) is 6.57. The highest BCUT2D eigenvalue weighted by atomic mass is 35.5. The molecule has 0 bridgehead atoms. The minimum absolute atomic E-state index is 0.0940. The minimum atomic E-state index is -1.66. The molecular formula is C23H31ClO6. The average molecular weight is 439 g/mol. The molecule has 1 aromatic rings. The molecule has 0 amide bonds. The van der Waals surface area contributed by atoms with Gasteiger partial charge in [-0.05, 0) is 36.5 Å². The maximum atomic E-state index is 13.0. The van der Waals surface area contributed by atoms with Crippen LogP contribution in [0.25, 0.3) is 0 Å². The van der Waals surface area contributed by atoms with Crippen LogP contribution in [0.3, 0.4) is 0 Å². The summed E-state index contributed by atoms with van der Waals surface area (Å²) in [5, 5.41) is 11.5. The van der Waals surface area contributed by atoms with Gasteiger partial charge in [0.15, 0.2) is 5.78 Å². The zero-order valence-corrected chi connectivity index (χ0v) is 18.9. The molecule has 30 heavy (non-hydrogen) atoms. The first kappa shape index (κ1) is 24.4. The summed E-state index contributed by atoms with van der Waals surface area (Å²) in [4.78, 5) is 38.9. The van der Waals surface area contributed by atoms with Gasteiger partial charge < -0.3 is 14.6 Å². The van der Waals surface area contributed by atoms with Crippen molar-refractivity contribution in [3.63, 3.8) is 0 Å². The fourth-order valence-electron chi connectivity index (χ4n) is 3.78. The molecule has 1 aliphatic rings. The topological polar surface area (TPSA) is 89.9 Å². The second kappa shape index (κ2) is 9.92. The largest absolute Gasteiger partial charge is 0.465 e. The first-order valence-electron chi connectivity index (χ1n) is 10.3. The Morgan fingerprint density at radius 1 is 1.07 bits per heavy atom. The lowest BCUT2D eigenvalue weighted by Gasteiger charge is -2.43. The lowest BCUT2D eigenvalue weighted by molar-refractivity contribution is -0.173. The van der Waals surface area contributed by atoms with Gasteiger partial charge in [0, 0.05) is 17.4 Å². The second-order valence-corrected chi connectivity index (χ2v) is 9.52. The van der Waals surface area contributed by atoms with E-state index < -0.39 is 41.1 Å². The van der Waals surface area contributed by atoms with E-state index in [-0.39, 0.29) is 31.5 Å². The van der Waals surface area contributed by atoms with E-state index in [1.54, 1.807) is 24.3 Å². The highest BCUT2D eigenvalue weighted by Crippen LogP contribution is 2.47. The van der Waals surface area contributed by atoms with Gasteiger partial charge in [0.05, 0.1) is 24.7 Å². The van der Waals surface area contributed by atoms with Crippen molar-refractivity contribution in [3.8, 4) is 0 Å². The summed E-state index contributed by atoms with van der Waals surface area (Å²) in [5.74, 6) is -4.82. The number of aliphatic hydroxyl groups is 1. The highest BCUT2D eigenvalue weighted by Gasteiger charge is 2.57. The Bertz CT molecular complexity index is 768. The van der Waals surface area contributed by atoms with Gasteiger partial charge in [-0.1, -0.05) is 51.4 Å². The first-order chi connectivity index (χ1) is 13.9. The minimum Gasteiger partial charge on any atom is -0.465 e. The molecule has 1 aromatic carbocycles. The Morgan fingerprint density at radius 3 is 2.07 bits per heavy atom. The number of ether oxygens (including phenoxy) is 2. The summed E-state index contributed by atoms with van der Waals surface area (Å²) in [6.07, 6.45) is -0.333. The number of benzene rings is 1. The van der Waals surface area contributed by atoms with Crippen molar-refractivity contribution in [1.29, 1.82) is 0 Å². The third kappa shape index (κ3) is 5.82. The maximum Gasteiger partial charge on any atom is 0.317 e. The molecule has 0 radical (unpaired) electrons. The zero-order valence-electron chi connectivity index (χ0n) is 18.2. The van der Waals surface area contributed by atoms with Crippen molar-refractivity contribution >= 4 is 29.3 Å². The van der Waals surface area contributed by atoms with E-state index in [2.05, 4.69) is 0 Å². The van der Waals surface area contributed by atoms with Crippen molar-refractivity contribution < 1.29 is 29.0 Å². The molecule has 0 unspecified atom stereocenters. The molecule has 7 heteroatoms. The van der Waals surface area contributed by atoms with E-state index in [0.29, 0.717) is 10.6 Å². The van der Waals surface area contributed by atoms with Gasteiger partial charge in [-0.25, -0.2) is 0 Å². The van der Waals surface area contributed by atoms with Gasteiger partial charge in [0.2, 0.25) is 0 Å². The van der Waals surface area contributed by atoms with E-state index in [9.17, 15) is 19.5 Å². The quantitative estimate of drug-likeness (QED) is 0.514. The first-order valence-corrected chi connectivity index (χ1v) is 10.7. The Morgan fingerprint density at radius 2 is 1.57 bits per heavy atom. The number of esters is 2. The number of hydrogen-bond donors (Lipinski definition) is 1. The number of hydrogen-bond acceptors (Lipinski definition) is 6. The smallest absolute Gasteiger partial charge is 0.317 e. The van der Waals surface area contributed by atoms with Crippen molar-refractivity contribution in [2.75, 3.05) is 13.2 Å². The predicted octanol–water partition coefficient (Wildman–Crippen LogP) is 3.78. The number of rotatable bonds is 7. The number of carbonyl (C=O) groups is 3. The predicted molar refractivity (Wildman–Crippen MR) is 113 cm³/mol. The summed E-state index contributed by atoms with van der Waals surface area (Å²) in [6.45, 7) is 9.36. The van der Waals surface area contributed by atoms with Crippen LogP contribution in [0.15, 0.2) is 24.3 Å². The molecule has 0 aliphatic heterocycles. The molecule has 1 saturated carbocycles. The van der Waals surface area contributed by atoms with E-state index >= 15 is 0 Å². The van der Waals surface area contributed by atoms with Crippen molar-refractivity contribution in [1.82, 2.24) is 0 Å². The normalized spacial score (nSPS) is 26.7. The van der Waals surface area contributed by atoms with Crippen LogP contribution in [0.5, 0.6) is 0 Å². The van der Waals surface area contributed by atoms with Crippen LogP contribution in [0.1, 0.15) is 52.5 Å². The Hall–Kier alpha value is -1.92. The molecule has 1 fully saturated rings. The average Bonchev–Trinajstić information content (AvgIpc) is 2.63. The molecule has 0 spiro atoms. The number of ketones is 1. The molecule has 0 aromatic heterocycles. The summed E-state index contributed by atoms with van der Waals surface area (Å²) < 4.78 is 10.8. The number of halogens is 1. The lowest BCUT2D eigenvalue weighted by atomic mass is 9.61. The highest BCUT2D eigenvalue weighted by molar-refractivity contribution is 6.30. The van der Waals surface area contributed by atoms with E-state index in [1.807, 2.05) is 27.7 Å². The molecule has 0 saturated heterocycles. The van der Waals surface area contributed by atoms with Gasteiger partial charge >= 0.3 is 11.9 Å². The monoisotopic (exact) mass is 438 g/mol. The van der Waals surface area contributed by atoms with Crippen molar-refractivity contribution in [3.05, 3.63) is 34.9 Å². The molecule has 4 atom stereocenters. The van der Waals surface area contributed by atoms with Crippen LogP contribution in [0.2, 0.25) is 5.02 Å². The van der Waals surface area contributed by atoms with Crippen LogP contribution < -0.4 is 0 Å². The third-order valence-electron chi connectivity index (χ3n) is 5.15. The van der Waals surface area contributed by atoms with Crippen LogP contribution in [-0.4, -0.2) is 41.6 Å². The van der Waals surface area contributed by atoms with Gasteiger partial charge in [-0.2, -0.15) is 0 Å². The molecule has 2 rings (SSSR count). The van der Waals surface area contributed by atoms with Crippen LogP contribution in [-0.2, 0) is 23.9 Å². The number of Topliss-reactive ketones (excluding diaryl/α,β-unsaturated/α-hetero) is 1. The second-order valence-electron chi connectivity index (χ2n) is 9.08. The molecule has 6 nitrogen and oxygen atoms in total. The third-order valence-corrected chi connectivity index (χ3v) is 5.40. The van der Waals surface area contributed by atoms with Crippen molar-refractivity contribution in [2.45, 2.75) is 52.6 Å². The summed E-state index contributed by atoms with van der Waals surface area (Å²) >= 11 is 6.00. The van der Waals surface area contributed by atoms with Gasteiger partial charge in [0.25, 0.3) is 0 Å². The molecular weight excluding hydrogens is 408 g/mol. The fraction of sp³-hybridized carbons (Fsp3) is 0.609. The van der Waals surface area contributed by atoms with Crippen LogP contribution >= 0.6 is 11.6 Å². The Balaban J connectivity index is 2.51.